The summed E-state index contributed by atoms with van der Waals surface area (Å²) in [6, 6.07) is 6.38. The molecule has 0 spiro atoms. The van der Waals surface area contributed by atoms with Crippen molar-refractivity contribution < 1.29 is 41.7 Å². The lowest BCUT2D eigenvalue weighted by molar-refractivity contribution is -0.276. The van der Waals surface area contributed by atoms with E-state index in [0.29, 0.717) is 6.42 Å². The van der Waals surface area contributed by atoms with Gasteiger partial charge in [0.15, 0.2) is 12.4 Å². The highest BCUT2D eigenvalue weighted by Gasteiger charge is 2.64. The number of Topliss-reactive ketones (excluding diaryl/α,β-unsaturated/α-hetero) is 1. The number of methoxy groups -OCH3 is 1. The summed E-state index contributed by atoms with van der Waals surface area (Å²) in [5.74, 6) is -3.43. The van der Waals surface area contributed by atoms with Crippen LogP contribution in [0.5, 0.6) is 0 Å². The van der Waals surface area contributed by atoms with Gasteiger partial charge >= 0.3 is 12.1 Å². The number of esters is 1. The molecule has 1 aromatic carbocycles. The van der Waals surface area contributed by atoms with Crippen molar-refractivity contribution in [3.8, 4) is 0 Å². The molecule has 0 N–H and O–H groups in total. The van der Waals surface area contributed by atoms with Crippen molar-refractivity contribution in [3.63, 3.8) is 0 Å². The first kappa shape index (κ1) is 22.3. The van der Waals surface area contributed by atoms with Gasteiger partial charge in [0.05, 0.1) is 6.10 Å². The van der Waals surface area contributed by atoms with Gasteiger partial charge in [0.2, 0.25) is 5.78 Å². The SMILES string of the molecule is CC[C@H]1OC(C)(C)O[C@@H]1C(=O)COC(=O)[C@@](OC)(c1ccccc1)C(F)(F)F. The van der Waals surface area contributed by atoms with Gasteiger partial charge in [-0.1, -0.05) is 37.3 Å². The van der Waals surface area contributed by atoms with Crippen molar-refractivity contribution in [1.82, 2.24) is 0 Å². The highest BCUT2D eigenvalue weighted by Crippen LogP contribution is 2.43. The van der Waals surface area contributed by atoms with Crippen LogP contribution in [0.1, 0.15) is 32.8 Å². The van der Waals surface area contributed by atoms with Crippen molar-refractivity contribution in [3.05, 3.63) is 35.9 Å². The molecule has 28 heavy (non-hydrogen) atoms. The van der Waals surface area contributed by atoms with E-state index < -0.39 is 53.7 Å². The predicted molar refractivity (Wildman–Crippen MR) is 91.3 cm³/mol. The maximum atomic E-state index is 13.8. The number of carbonyl (C=O) groups is 2. The Kier molecular flexibility index (Phi) is 6.52. The van der Waals surface area contributed by atoms with Gasteiger partial charge in [0.25, 0.3) is 5.60 Å². The number of benzene rings is 1. The van der Waals surface area contributed by atoms with Crippen LogP contribution < -0.4 is 0 Å². The summed E-state index contributed by atoms with van der Waals surface area (Å²) < 4.78 is 61.8. The third kappa shape index (κ3) is 4.21. The van der Waals surface area contributed by atoms with Crippen molar-refractivity contribution in [2.24, 2.45) is 0 Å². The number of alkyl halides is 3. The predicted octanol–water partition coefficient (Wildman–Crippen LogP) is 3.13. The molecule has 0 radical (unpaired) electrons. The van der Waals surface area contributed by atoms with Gasteiger partial charge in [0, 0.05) is 12.7 Å². The molecular weight excluding hydrogens is 381 g/mol. The molecule has 1 heterocycles. The molecule has 0 aromatic heterocycles. The summed E-state index contributed by atoms with van der Waals surface area (Å²) in [6.45, 7) is 4.11. The van der Waals surface area contributed by atoms with Crippen LogP contribution in [0.15, 0.2) is 30.3 Å². The van der Waals surface area contributed by atoms with Gasteiger partial charge in [-0.2, -0.15) is 13.2 Å². The molecule has 0 aliphatic carbocycles. The quantitative estimate of drug-likeness (QED) is 0.651. The summed E-state index contributed by atoms with van der Waals surface area (Å²) in [6.07, 6.45) is -6.27. The summed E-state index contributed by atoms with van der Waals surface area (Å²) in [5, 5.41) is 0. The number of hydrogen-bond acceptors (Lipinski definition) is 6. The fourth-order valence-corrected chi connectivity index (χ4v) is 3.11. The number of rotatable bonds is 7. The molecule has 2 rings (SSSR count). The molecule has 1 aromatic rings. The van der Waals surface area contributed by atoms with Crippen LogP contribution in [-0.4, -0.2) is 49.6 Å². The molecular formula is C19H23F3O6. The highest BCUT2D eigenvalue weighted by molar-refractivity contribution is 5.89. The Bertz CT molecular complexity index is 703. The fourth-order valence-electron chi connectivity index (χ4n) is 3.11. The van der Waals surface area contributed by atoms with Gasteiger partial charge in [0.1, 0.15) is 6.10 Å². The minimum Gasteiger partial charge on any atom is -0.455 e. The van der Waals surface area contributed by atoms with Gasteiger partial charge in [-0.15, -0.1) is 0 Å². The highest BCUT2D eigenvalue weighted by atomic mass is 19.4. The third-order valence-corrected chi connectivity index (χ3v) is 4.42. The second-order valence-electron chi connectivity index (χ2n) is 6.79. The van der Waals surface area contributed by atoms with Crippen molar-refractivity contribution in [1.29, 1.82) is 0 Å². The smallest absolute Gasteiger partial charge is 0.432 e. The van der Waals surface area contributed by atoms with Crippen LogP contribution >= 0.6 is 0 Å². The zero-order chi connectivity index (χ0) is 21.2. The van der Waals surface area contributed by atoms with Gasteiger partial charge in [-0.3, -0.25) is 4.79 Å². The number of hydrogen-bond donors (Lipinski definition) is 0. The minimum atomic E-state index is -5.11. The molecule has 0 bridgehead atoms. The molecule has 1 fully saturated rings. The van der Waals surface area contributed by atoms with Gasteiger partial charge in [-0.05, 0) is 20.3 Å². The van der Waals surface area contributed by atoms with Crippen LogP contribution in [0, 0.1) is 0 Å². The van der Waals surface area contributed by atoms with E-state index in [9.17, 15) is 22.8 Å². The molecule has 0 unspecified atom stereocenters. The van der Waals surface area contributed by atoms with Crippen LogP contribution in [0.3, 0.4) is 0 Å². The van der Waals surface area contributed by atoms with E-state index in [0.717, 1.165) is 19.2 Å². The number of ketones is 1. The first-order valence-electron chi connectivity index (χ1n) is 8.71. The summed E-state index contributed by atoms with van der Waals surface area (Å²) in [4.78, 5) is 24.9. The zero-order valence-corrected chi connectivity index (χ0v) is 16.0. The Morgan fingerprint density at radius 3 is 2.25 bits per heavy atom. The van der Waals surface area contributed by atoms with E-state index in [4.69, 9.17) is 14.2 Å². The third-order valence-electron chi connectivity index (χ3n) is 4.42. The van der Waals surface area contributed by atoms with Gasteiger partial charge < -0.3 is 18.9 Å². The molecule has 0 saturated carbocycles. The Hall–Kier alpha value is -1.97. The lowest BCUT2D eigenvalue weighted by Gasteiger charge is -2.32. The van der Waals surface area contributed by atoms with E-state index in [1.165, 1.54) is 18.2 Å². The van der Waals surface area contributed by atoms with Gasteiger partial charge in [-0.25, -0.2) is 4.79 Å². The van der Waals surface area contributed by atoms with E-state index in [-0.39, 0.29) is 0 Å². The van der Waals surface area contributed by atoms with Crippen LogP contribution in [0.4, 0.5) is 13.2 Å². The summed E-state index contributed by atoms with van der Waals surface area (Å²) in [5.41, 5.74) is -3.79. The first-order chi connectivity index (χ1) is 13.0. The topological polar surface area (TPSA) is 71.1 Å². The molecule has 156 valence electrons. The maximum Gasteiger partial charge on any atom is 0.432 e. The lowest BCUT2D eigenvalue weighted by atomic mass is 9.92. The molecule has 1 aliphatic heterocycles. The molecule has 3 atom stereocenters. The van der Waals surface area contributed by atoms with E-state index >= 15 is 0 Å². The Balaban J connectivity index is 2.20. The number of halogens is 3. The number of ether oxygens (including phenoxy) is 4. The Morgan fingerprint density at radius 2 is 1.75 bits per heavy atom. The second kappa shape index (κ2) is 8.18. The first-order valence-corrected chi connectivity index (χ1v) is 8.71. The lowest BCUT2D eigenvalue weighted by Crippen LogP contribution is -2.52. The van der Waals surface area contributed by atoms with Crippen molar-refractivity contribution in [2.75, 3.05) is 13.7 Å². The monoisotopic (exact) mass is 404 g/mol. The molecule has 6 nitrogen and oxygen atoms in total. The van der Waals surface area contributed by atoms with Crippen LogP contribution in [0.2, 0.25) is 0 Å². The maximum absolute atomic E-state index is 13.8. The van der Waals surface area contributed by atoms with Crippen molar-refractivity contribution >= 4 is 11.8 Å². The minimum absolute atomic E-state index is 0.447. The largest absolute Gasteiger partial charge is 0.455 e. The van der Waals surface area contributed by atoms with E-state index in [2.05, 4.69) is 4.74 Å². The Labute approximate surface area is 160 Å². The van der Waals surface area contributed by atoms with E-state index in [1.54, 1.807) is 20.8 Å². The zero-order valence-electron chi connectivity index (χ0n) is 16.0. The second-order valence-corrected chi connectivity index (χ2v) is 6.79. The normalized spacial score (nSPS) is 23.8. The van der Waals surface area contributed by atoms with Crippen LogP contribution in [-0.2, 0) is 34.1 Å². The fraction of sp³-hybridized carbons (Fsp3) is 0.579. The summed E-state index contributed by atoms with van der Waals surface area (Å²) in [7, 11) is 0.757. The molecule has 1 aliphatic rings. The summed E-state index contributed by atoms with van der Waals surface area (Å²) >= 11 is 0. The average Bonchev–Trinajstić information content (AvgIpc) is 2.95. The average molecular weight is 404 g/mol. The van der Waals surface area contributed by atoms with Crippen molar-refractivity contribution in [2.45, 2.75) is 57.0 Å². The molecule has 1 saturated heterocycles. The van der Waals surface area contributed by atoms with Crippen LogP contribution in [0.25, 0.3) is 0 Å². The molecule has 0 amide bonds. The molecule has 9 heteroatoms. The van der Waals surface area contributed by atoms with E-state index in [1.807, 2.05) is 0 Å². The number of carbonyl (C=O) groups excluding carboxylic acids is 2. The standard InChI is InChI=1S/C19H23F3O6/c1-5-14-15(28-17(2,3)27-14)13(23)11-26-16(24)18(25-4,19(20,21)22)12-9-7-6-8-10-12/h6-10,14-15H,5,11H2,1-4H3/t14-,15-,18+/m1/s1. The Morgan fingerprint density at radius 1 is 1.14 bits per heavy atom.